The number of amides is 3. The lowest BCUT2D eigenvalue weighted by Crippen LogP contribution is -2.41. The average molecular weight is 332 g/mol. The van der Waals surface area contributed by atoms with Crippen molar-refractivity contribution in [1.82, 2.24) is 10.6 Å². The molecule has 1 saturated carbocycles. The first-order chi connectivity index (χ1) is 11.6. The number of esters is 1. The average Bonchev–Trinajstić information content (AvgIpc) is 2.60. The summed E-state index contributed by atoms with van der Waals surface area (Å²) in [6, 6.07) is 8.75. The number of benzene rings is 1. The van der Waals surface area contributed by atoms with E-state index < -0.39 is 18.5 Å². The Morgan fingerprint density at radius 1 is 1.04 bits per heavy atom. The fraction of sp³-hybridized carbons (Fsp3) is 0.500. The molecular weight excluding hydrogens is 308 g/mol. The Morgan fingerprint density at radius 2 is 1.75 bits per heavy atom. The van der Waals surface area contributed by atoms with Crippen LogP contribution >= 0.6 is 0 Å². The molecule has 0 saturated heterocycles. The summed E-state index contributed by atoms with van der Waals surface area (Å²) in [6.45, 7) is -0.105. The van der Waals surface area contributed by atoms with Crippen LogP contribution in [0.25, 0.3) is 0 Å². The number of rotatable bonds is 6. The number of nitrogens with one attached hydrogen (secondary N) is 2. The summed E-state index contributed by atoms with van der Waals surface area (Å²) < 4.78 is 4.94. The third-order valence-corrected chi connectivity index (χ3v) is 4.09. The highest BCUT2D eigenvalue weighted by atomic mass is 16.5. The monoisotopic (exact) mass is 332 g/mol. The SMILES string of the molecule is O=C(COC(=O)CC1CCCCC1)NC(=O)NCc1ccccc1. The Labute approximate surface area is 142 Å². The van der Waals surface area contributed by atoms with Gasteiger partial charge in [0.15, 0.2) is 6.61 Å². The van der Waals surface area contributed by atoms with Crippen LogP contribution in [0.2, 0.25) is 0 Å². The molecule has 0 aliphatic heterocycles. The summed E-state index contributed by atoms with van der Waals surface area (Å²) in [4.78, 5) is 34.9. The van der Waals surface area contributed by atoms with Crippen molar-refractivity contribution in [1.29, 1.82) is 0 Å². The second kappa shape index (κ2) is 9.70. The van der Waals surface area contributed by atoms with Crippen LogP contribution in [0.1, 0.15) is 44.1 Å². The predicted molar refractivity (Wildman–Crippen MR) is 89.0 cm³/mol. The highest BCUT2D eigenvalue weighted by Crippen LogP contribution is 2.26. The number of carbonyl (C=O) groups excluding carboxylic acids is 3. The van der Waals surface area contributed by atoms with E-state index in [2.05, 4.69) is 10.6 Å². The van der Waals surface area contributed by atoms with Gasteiger partial charge in [0.25, 0.3) is 5.91 Å². The standard InChI is InChI=1S/C18H24N2O4/c21-16(13-24-17(22)11-14-7-3-1-4-8-14)20-18(23)19-12-15-9-5-2-6-10-15/h2,5-6,9-10,14H,1,3-4,7-8,11-13H2,(H2,19,20,21,23). The molecule has 1 aliphatic rings. The fourth-order valence-corrected chi connectivity index (χ4v) is 2.82. The van der Waals surface area contributed by atoms with Crippen molar-refractivity contribution in [3.05, 3.63) is 35.9 Å². The molecule has 0 atom stereocenters. The lowest BCUT2D eigenvalue weighted by Gasteiger charge is -2.20. The zero-order valence-corrected chi connectivity index (χ0v) is 13.8. The van der Waals surface area contributed by atoms with E-state index >= 15 is 0 Å². The molecule has 0 radical (unpaired) electrons. The van der Waals surface area contributed by atoms with Crippen LogP contribution in [0.4, 0.5) is 4.79 Å². The zero-order valence-electron chi connectivity index (χ0n) is 13.8. The topological polar surface area (TPSA) is 84.5 Å². The molecule has 24 heavy (non-hydrogen) atoms. The predicted octanol–water partition coefficient (Wildman–Crippen LogP) is 2.53. The number of urea groups is 1. The Hall–Kier alpha value is -2.37. The molecule has 6 nitrogen and oxygen atoms in total. The van der Waals surface area contributed by atoms with Crippen LogP contribution in [0, 0.1) is 5.92 Å². The van der Waals surface area contributed by atoms with E-state index in [1.807, 2.05) is 30.3 Å². The quantitative estimate of drug-likeness (QED) is 0.784. The third-order valence-electron chi connectivity index (χ3n) is 4.09. The Morgan fingerprint density at radius 3 is 2.46 bits per heavy atom. The summed E-state index contributed by atoms with van der Waals surface area (Å²) >= 11 is 0. The van der Waals surface area contributed by atoms with Crippen LogP contribution in [0.3, 0.4) is 0 Å². The Kier molecular flexibility index (Phi) is 7.26. The number of ether oxygens (including phenoxy) is 1. The van der Waals surface area contributed by atoms with Gasteiger partial charge in [0.05, 0.1) is 0 Å². The molecular formula is C18H24N2O4. The normalized spacial score (nSPS) is 14.7. The minimum atomic E-state index is -0.627. The van der Waals surface area contributed by atoms with Gasteiger partial charge in [0.1, 0.15) is 0 Å². The molecule has 1 aliphatic carbocycles. The van der Waals surface area contributed by atoms with E-state index in [9.17, 15) is 14.4 Å². The Balaban J connectivity index is 1.59. The van der Waals surface area contributed by atoms with Gasteiger partial charge in [-0.3, -0.25) is 14.9 Å². The summed E-state index contributed by atoms with van der Waals surface area (Å²) in [5.41, 5.74) is 0.930. The first-order valence-corrected chi connectivity index (χ1v) is 8.40. The van der Waals surface area contributed by atoms with Gasteiger partial charge in [-0.05, 0) is 24.3 Å². The van der Waals surface area contributed by atoms with Crippen LogP contribution in [-0.4, -0.2) is 24.5 Å². The minimum absolute atomic E-state index is 0.321. The minimum Gasteiger partial charge on any atom is -0.456 e. The van der Waals surface area contributed by atoms with Crippen LogP contribution in [0.15, 0.2) is 30.3 Å². The lowest BCUT2D eigenvalue weighted by atomic mass is 9.87. The van der Waals surface area contributed by atoms with Crippen LogP contribution < -0.4 is 10.6 Å². The molecule has 6 heteroatoms. The molecule has 1 fully saturated rings. The van der Waals surface area contributed by atoms with Gasteiger partial charge in [-0.25, -0.2) is 4.79 Å². The van der Waals surface area contributed by atoms with Gasteiger partial charge in [0, 0.05) is 13.0 Å². The molecule has 0 unspecified atom stereocenters. The molecule has 0 spiro atoms. The molecule has 1 aromatic carbocycles. The highest BCUT2D eigenvalue weighted by Gasteiger charge is 2.18. The van der Waals surface area contributed by atoms with Crippen molar-refractivity contribution < 1.29 is 19.1 Å². The first kappa shape index (κ1) is 18.0. The molecule has 1 aromatic rings. The van der Waals surface area contributed by atoms with Gasteiger partial charge < -0.3 is 10.1 Å². The smallest absolute Gasteiger partial charge is 0.321 e. The second-order valence-electron chi connectivity index (χ2n) is 6.09. The van der Waals surface area contributed by atoms with E-state index in [1.54, 1.807) is 0 Å². The van der Waals surface area contributed by atoms with Gasteiger partial charge in [-0.15, -0.1) is 0 Å². The van der Waals surface area contributed by atoms with Crippen molar-refractivity contribution in [3.63, 3.8) is 0 Å². The van der Waals surface area contributed by atoms with Gasteiger partial charge in [0.2, 0.25) is 0 Å². The van der Waals surface area contributed by atoms with E-state index in [4.69, 9.17) is 4.74 Å². The van der Waals surface area contributed by atoms with E-state index in [-0.39, 0.29) is 5.97 Å². The lowest BCUT2D eigenvalue weighted by molar-refractivity contribution is -0.149. The van der Waals surface area contributed by atoms with Gasteiger partial charge >= 0.3 is 12.0 Å². The third kappa shape index (κ3) is 6.81. The maximum absolute atomic E-state index is 11.7. The maximum Gasteiger partial charge on any atom is 0.321 e. The number of imide groups is 1. The van der Waals surface area contributed by atoms with Crippen molar-refractivity contribution in [3.8, 4) is 0 Å². The van der Waals surface area contributed by atoms with Crippen molar-refractivity contribution >= 4 is 17.9 Å². The largest absolute Gasteiger partial charge is 0.456 e. The summed E-state index contributed by atoms with van der Waals surface area (Å²) in [5.74, 6) is -0.636. The van der Waals surface area contributed by atoms with Crippen molar-refractivity contribution in [2.45, 2.75) is 45.1 Å². The molecule has 0 bridgehead atoms. The Bertz CT molecular complexity index is 553. The van der Waals surface area contributed by atoms with Gasteiger partial charge in [-0.1, -0.05) is 49.6 Å². The fourth-order valence-electron chi connectivity index (χ4n) is 2.82. The summed E-state index contributed by atoms with van der Waals surface area (Å²) in [6.07, 6.45) is 5.98. The molecule has 0 heterocycles. The second-order valence-corrected chi connectivity index (χ2v) is 6.09. The van der Waals surface area contributed by atoms with E-state index in [1.165, 1.54) is 6.42 Å². The molecule has 0 aromatic heterocycles. The first-order valence-electron chi connectivity index (χ1n) is 8.40. The van der Waals surface area contributed by atoms with Crippen LogP contribution in [0.5, 0.6) is 0 Å². The summed E-state index contributed by atoms with van der Waals surface area (Å²) in [7, 11) is 0. The highest BCUT2D eigenvalue weighted by molar-refractivity contribution is 5.95. The molecule has 2 N–H and O–H groups in total. The molecule has 3 amide bonds. The number of hydrogen-bond donors (Lipinski definition) is 2. The zero-order chi connectivity index (χ0) is 17.2. The van der Waals surface area contributed by atoms with Crippen molar-refractivity contribution in [2.75, 3.05) is 6.61 Å². The summed E-state index contributed by atoms with van der Waals surface area (Å²) in [5, 5.41) is 4.71. The maximum atomic E-state index is 11.7. The van der Waals surface area contributed by atoms with Crippen LogP contribution in [-0.2, 0) is 20.9 Å². The molecule has 130 valence electrons. The van der Waals surface area contributed by atoms with E-state index in [0.717, 1.165) is 31.2 Å². The number of carbonyl (C=O) groups is 3. The van der Waals surface area contributed by atoms with Crippen molar-refractivity contribution in [2.24, 2.45) is 5.92 Å². The number of hydrogen-bond acceptors (Lipinski definition) is 4. The van der Waals surface area contributed by atoms with E-state index in [0.29, 0.717) is 18.9 Å². The molecule has 2 rings (SSSR count). The van der Waals surface area contributed by atoms with Gasteiger partial charge in [-0.2, -0.15) is 0 Å².